The van der Waals surface area contributed by atoms with Crippen LogP contribution in [0.3, 0.4) is 0 Å². The van der Waals surface area contributed by atoms with Crippen LogP contribution in [0.4, 0.5) is 4.79 Å². The highest BCUT2D eigenvalue weighted by Crippen LogP contribution is 2.44. The fourth-order valence-corrected chi connectivity index (χ4v) is 5.06. The number of amides is 3. The number of unbranched alkanes of at least 4 members (excludes halogenated alkanes) is 1. The second kappa shape index (κ2) is 7.56. The first-order valence-corrected chi connectivity index (χ1v) is 11.3. The molecule has 5 nitrogen and oxygen atoms in total. The Kier molecular flexibility index (Phi) is 4.84. The number of fused-ring (bicyclic) bond motifs is 4. The van der Waals surface area contributed by atoms with Crippen LogP contribution in [-0.4, -0.2) is 39.3 Å². The summed E-state index contributed by atoms with van der Waals surface area (Å²) in [5.74, 6) is 0.384. The Morgan fingerprint density at radius 3 is 2.52 bits per heavy atom. The van der Waals surface area contributed by atoms with Gasteiger partial charge in [-0.25, -0.2) is 4.79 Å². The molecule has 2 aromatic carbocycles. The van der Waals surface area contributed by atoms with Gasteiger partial charge in [0.25, 0.3) is 5.91 Å². The number of urea groups is 1. The number of hydrogen-bond acceptors (Lipinski definition) is 2. The number of carbonyl (C=O) groups excluding carboxylic acids is 2. The van der Waals surface area contributed by atoms with Crippen molar-refractivity contribution in [2.24, 2.45) is 0 Å². The van der Waals surface area contributed by atoms with Gasteiger partial charge in [0.15, 0.2) is 0 Å². The zero-order valence-corrected chi connectivity index (χ0v) is 18.4. The van der Waals surface area contributed by atoms with Crippen molar-refractivity contribution < 1.29 is 9.59 Å². The normalized spacial score (nSPS) is 20.6. The monoisotopic (exact) mass is 415 g/mol. The molecule has 0 bridgehead atoms. The summed E-state index contributed by atoms with van der Waals surface area (Å²) in [7, 11) is 0. The molecule has 0 saturated carbocycles. The second-order valence-corrected chi connectivity index (χ2v) is 9.04. The highest BCUT2D eigenvalue weighted by molar-refractivity contribution is 6.05. The zero-order valence-electron chi connectivity index (χ0n) is 18.4. The van der Waals surface area contributed by atoms with Crippen LogP contribution in [0, 0.1) is 0 Å². The van der Waals surface area contributed by atoms with Crippen molar-refractivity contribution >= 4 is 22.8 Å². The summed E-state index contributed by atoms with van der Waals surface area (Å²) < 4.78 is 0. The highest BCUT2D eigenvalue weighted by Gasteiger charge is 2.52. The van der Waals surface area contributed by atoms with Crippen LogP contribution in [0.15, 0.2) is 48.5 Å². The summed E-state index contributed by atoms with van der Waals surface area (Å²) in [4.78, 5) is 33.6. The predicted octanol–water partition coefficient (Wildman–Crippen LogP) is 5.37. The summed E-state index contributed by atoms with van der Waals surface area (Å²) in [5, 5.41) is 1.15. The third-order valence-corrected chi connectivity index (χ3v) is 6.79. The number of aromatic nitrogens is 1. The molecular formula is C26H29N3O2. The quantitative estimate of drug-likeness (QED) is 0.570. The number of para-hydroxylation sites is 1. The predicted molar refractivity (Wildman–Crippen MR) is 122 cm³/mol. The molecule has 0 unspecified atom stereocenters. The van der Waals surface area contributed by atoms with Crippen LogP contribution in [0.5, 0.6) is 0 Å². The number of H-pyrrole nitrogens is 1. The van der Waals surface area contributed by atoms with Crippen molar-refractivity contribution in [3.63, 3.8) is 0 Å². The first-order chi connectivity index (χ1) is 15.0. The van der Waals surface area contributed by atoms with E-state index in [0.29, 0.717) is 18.9 Å². The van der Waals surface area contributed by atoms with Crippen LogP contribution >= 0.6 is 0 Å². The molecular weight excluding hydrogens is 386 g/mol. The van der Waals surface area contributed by atoms with Crippen molar-refractivity contribution in [3.8, 4) is 0 Å². The molecule has 1 aromatic heterocycles. The SMILES string of the molecule is CCCCN1C(=O)[C@H]2Cc3c([nH]c4ccccc34)[C@H](c3ccc(C(C)C)cc3)N2C1=O. The Bertz CT molecular complexity index is 1150. The first-order valence-electron chi connectivity index (χ1n) is 11.3. The van der Waals surface area contributed by atoms with Gasteiger partial charge < -0.3 is 4.98 Å². The van der Waals surface area contributed by atoms with Crippen LogP contribution < -0.4 is 0 Å². The number of benzene rings is 2. The molecule has 160 valence electrons. The largest absolute Gasteiger partial charge is 0.356 e. The van der Waals surface area contributed by atoms with Crippen LogP contribution in [0.25, 0.3) is 10.9 Å². The Hall–Kier alpha value is -3.08. The molecule has 5 rings (SSSR count). The number of nitrogens with one attached hydrogen (secondary N) is 1. The minimum absolute atomic E-state index is 0.0572. The van der Waals surface area contributed by atoms with Crippen LogP contribution in [-0.2, 0) is 11.2 Å². The van der Waals surface area contributed by atoms with Gasteiger partial charge in [0.05, 0.1) is 0 Å². The molecule has 31 heavy (non-hydrogen) atoms. The van der Waals surface area contributed by atoms with Gasteiger partial charge in [0.2, 0.25) is 0 Å². The van der Waals surface area contributed by atoms with E-state index < -0.39 is 6.04 Å². The van der Waals surface area contributed by atoms with E-state index in [4.69, 9.17) is 0 Å². The minimum atomic E-state index is -0.439. The lowest BCUT2D eigenvalue weighted by atomic mass is 9.88. The van der Waals surface area contributed by atoms with Crippen molar-refractivity contribution in [1.82, 2.24) is 14.8 Å². The topological polar surface area (TPSA) is 56.4 Å². The molecule has 2 atom stereocenters. The van der Waals surface area contributed by atoms with Crippen molar-refractivity contribution in [3.05, 3.63) is 70.9 Å². The molecule has 0 aliphatic carbocycles. The van der Waals surface area contributed by atoms with E-state index in [1.165, 1.54) is 10.5 Å². The zero-order chi connectivity index (χ0) is 21.7. The number of carbonyl (C=O) groups is 2. The maximum atomic E-state index is 13.5. The number of aromatic amines is 1. The van der Waals surface area contributed by atoms with Gasteiger partial charge in [-0.05, 0) is 35.1 Å². The molecule has 2 aliphatic heterocycles. The molecule has 5 heteroatoms. The Morgan fingerprint density at radius 1 is 1.06 bits per heavy atom. The molecule has 3 aromatic rings. The van der Waals surface area contributed by atoms with Crippen LogP contribution in [0.2, 0.25) is 0 Å². The highest BCUT2D eigenvalue weighted by atomic mass is 16.2. The van der Waals surface area contributed by atoms with E-state index in [1.807, 2.05) is 17.0 Å². The van der Waals surface area contributed by atoms with Crippen LogP contribution in [0.1, 0.15) is 68.0 Å². The molecule has 1 saturated heterocycles. The summed E-state index contributed by atoms with van der Waals surface area (Å²) in [6.45, 7) is 6.93. The molecule has 0 spiro atoms. The summed E-state index contributed by atoms with van der Waals surface area (Å²) >= 11 is 0. The van der Waals surface area contributed by atoms with E-state index >= 15 is 0 Å². The average Bonchev–Trinajstić information content (AvgIpc) is 3.26. The van der Waals surface area contributed by atoms with E-state index in [-0.39, 0.29) is 18.0 Å². The van der Waals surface area contributed by atoms with E-state index in [9.17, 15) is 9.59 Å². The number of rotatable bonds is 5. The maximum Gasteiger partial charge on any atom is 0.328 e. The third kappa shape index (κ3) is 3.06. The smallest absolute Gasteiger partial charge is 0.328 e. The molecule has 0 radical (unpaired) electrons. The lowest BCUT2D eigenvalue weighted by molar-refractivity contribution is -0.128. The fourth-order valence-electron chi connectivity index (χ4n) is 5.06. The fraction of sp³-hybridized carbons (Fsp3) is 0.385. The number of hydrogen-bond donors (Lipinski definition) is 1. The van der Waals surface area contributed by atoms with Gasteiger partial charge in [0, 0.05) is 29.6 Å². The van der Waals surface area contributed by atoms with E-state index in [0.717, 1.165) is 40.6 Å². The van der Waals surface area contributed by atoms with Gasteiger partial charge in [-0.3, -0.25) is 14.6 Å². The maximum absolute atomic E-state index is 13.5. The van der Waals surface area contributed by atoms with Gasteiger partial charge in [0.1, 0.15) is 12.1 Å². The van der Waals surface area contributed by atoms with Gasteiger partial charge in [-0.2, -0.15) is 0 Å². The van der Waals surface area contributed by atoms with E-state index in [1.54, 1.807) is 0 Å². The van der Waals surface area contributed by atoms with Gasteiger partial charge >= 0.3 is 6.03 Å². The Labute approximate surface area is 183 Å². The Balaban J connectivity index is 1.65. The standard InChI is InChI=1S/C26H29N3O2/c1-4-5-14-28-25(30)22-15-20-19-8-6-7-9-21(19)27-23(20)24(29(22)26(28)31)18-12-10-17(11-13-18)16(2)3/h6-13,16,22,24,27H,4-5,14-15H2,1-3H3/t22-,24+/m1/s1. The number of imide groups is 1. The third-order valence-electron chi connectivity index (χ3n) is 6.79. The molecule has 3 heterocycles. The summed E-state index contributed by atoms with van der Waals surface area (Å²) in [6, 6.07) is 15.8. The van der Waals surface area contributed by atoms with Gasteiger partial charge in [-0.15, -0.1) is 0 Å². The molecule has 1 fully saturated rings. The lowest BCUT2D eigenvalue weighted by Gasteiger charge is -2.36. The van der Waals surface area contributed by atoms with Crippen molar-refractivity contribution in [2.75, 3.05) is 6.54 Å². The number of nitrogens with zero attached hydrogens (tertiary/aromatic N) is 2. The molecule has 2 aliphatic rings. The molecule has 1 N–H and O–H groups in total. The molecule has 3 amide bonds. The lowest BCUT2D eigenvalue weighted by Crippen LogP contribution is -2.44. The Morgan fingerprint density at radius 2 is 1.81 bits per heavy atom. The van der Waals surface area contributed by atoms with Crippen molar-refractivity contribution in [1.29, 1.82) is 0 Å². The second-order valence-electron chi connectivity index (χ2n) is 9.04. The minimum Gasteiger partial charge on any atom is -0.356 e. The average molecular weight is 416 g/mol. The van der Waals surface area contributed by atoms with E-state index in [2.05, 4.69) is 62.2 Å². The van der Waals surface area contributed by atoms with Crippen molar-refractivity contribution in [2.45, 2.75) is 58.0 Å². The summed E-state index contributed by atoms with van der Waals surface area (Å²) in [5.41, 5.74) is 5.56. The first kappa shape index (κ1) is 19.9. The van der Waals surface area contributed by atoms with Gasteiger partial charge in [-0.1, -0.05) is 69.7 Å². The summed E-state index contributed by atoms with van der Waals surface area (Å²) in [6.07, 6.45) is 2.35.